The number of likely N-dealkylation sites (N-methyl/N-ethyl adjacent to an activating group) is 1. The summed E-state index contributed by atoms with van der Waals surface area (Å²) in [5.41, 5.74) is 2.83. The van der Waals surface area contributed by atoms with Crippen LogP contribution in [0.2, 0.25) is 0 Å². The molecule has 1 N–H and O–H groups in total. The van der Waals surface area contributed by atoms with Crippen molar-refractivity contribution >= 4 is 5.91 Å². The molecule has 1 atom stereocenters. The zero-order chi connectivity index (χ0) is 16.8. The summed E-state index contributed by atoms with van der Waals surface area (Å²) in [6.45, 7) is 2.57. The second-order valence-corrected chi connectivity index (χ2v) is 5.54. The number of rotatable bonds is 6. The highest BCUT2D eigenvalue weighted by molar-refractivity contribution is 5.82. The lowest BCUT2D eigenvalue weighted by molar-refractivity contribution is -0.139. The van der Waals surface area contributed by atoms with Crippen LogP contribution in [0.4, 0.5) is 0 Å². The molecule has 4 heteroatoms. The van der Waals surface area contributed by atoms with Gasteiger partial charge in [0.1, 0.15) is 5.75 Å². The van der Waals surface area contributed by atoms with Crippen molar-refractivity contribution in [3.63, 3.8) is 0 Å². The first-order valence-electron chi connectivity index (χ1n) is 7.70. The highest BCUT2D eigenvalue weighted by Gasteiger charge is 2.21. The molecule has 2 rings (SSSR count). The minimum Gasteiger partial charge on any atom is -0.497 e. The molecule has 0 bridgehead atoms. The molecule has 2 aromatic rings. The number of methoxy groups -OCH3 is 1. The van der Waals surface area contributed by atoms with Crippen LogP contribution in [0.15, 0.2) is 48.5 Å². The van der Waals surface area contributed by atoms with E-state index in [9.17, 15) is 9.90 Å². The summed E-state index contributed by atoms with van der Waals surface area (Å²) in [4.78, 5) is 13.9. The van der Waals surface area contributed by atoms with Crippen molar-refractivity contribution in [3.8, 4) is 5.75 Å². The van der Waals surface area contributed by atoms with Gasteiger partial charge in [0.2, 0.25) is 0 Å². The molecule has 2 aromatic carbocycles. The summed E-state index contributed by atoms with van der Waals surface area (Å²) in [5.74, 6) is 0.282. The number of aliphatic hydroxyl groups excluding tert-OH is 1. The summed E-state index contributed by atoms with van der Waals surface area (Å²) in [5, 5.41) is 10.3. The molecule has 0 aliphatic rings. The third-order valence-electron chi connectivity index (χ3n) is 3.87. The first-order chi connectivity index (χ1) is 11.0. The molecule has 122 valence electrons. The summed E-state index contributed by atoms with van der Waals surface area (Å²) >= 11 is 0. The average Bonchev–Trinajstić information content (AvgIpc) is 2.61. The fraction of sp³-hybridized carbons (Fsp3) is 0.316. The van der Waals surface area contributed by atoms with Crippen LogP contribution in [-0.4, -0.2) is 30.1 Å². The maximum atomic E-state index is 12.4. The van der Waals surface area contributed by atoms with E-state index in [-0.39, 0.29) is 5.91 Å². The Morgan fingerprint density at radius 3 is 2.43 bits per heavy atom. The topological polar surface area (TPSA) is 49.8 Å². The third kappa shape index (κ3) is 4.33. The van der Waals surface area contributed by atoms with E-state index in [0.717, 1.165) is 12.0 Å². The monoisotopic (exact) mass is 313 g/mol. The number of benzene rings is 2. The number of nitrogens with zero attached hydrogens (tertiary/aromatic N) is 1. The van der Waals surface area contributed by atoms with Gasteiger partial charge in [-0.2, -0.15) is 0 Å². The molecule has 23 heavy (non-hydrogen) atoms. The van der Waals surface area contributed by atoms with Gasteiger partial charge in [-0.05, 0) is 35.2 Å². The number of aliphatic hydroxyl groups is 1. The Morgan fingerprint density at radius 1 is 1.17 bits per heavy atom. The SMILES string of the molecule is CCc1ccc(CN(C)C(=O)C(O)c2cccc(OC)c2)cc1. The van der Waals surface area contributed by atoms with Crippen LogP contribution >= 0.6 is 0 Å². The predicted molar refractivity (Wildman–Crippen MR) is 90.2 cm³/mol. The van der Waals surface area contributed by atoms with Crippen LogP contribution in [-0.2, 0) is 17.8 Å². The average molecular weight is 313 g/mol. The lowest BCUT2D eigenvalue weighted by Gasteiger charge is -2.21. The Hall–Kier alpha value is -2.33. The second-order valence-electron chi connectivity index (χ2n) is 5.54. The van der Waals surface area contributed by atoms with E-state index in [4.69, 9.17) is 4.74 Å². The van der Waals surface area contributed by atoms with Gasteiger partial charge in [0, 0.05) is 13.6 Å². The number of aryl methyl sites for hydroxylation is 1. The van der Waals surface area contributed by atoms with Gasteiger partial charge in [-0.3, -0.25) is 4.79 Å². The minimum atomic E-state index is -1.19. The van der Waals surface area contributed by atoms with E-state index in [1.807, 2.05) is 12.1 Å². The number of ether oxygens (including phenoxy) is 1. The van der Waals surface area contributed by atoms with Crippen LogP contribution in [0, 0.1) is 0 Å². The summed E-state index contributed by atoms with van der Waals surface area (Å²) in [6, 6.07) is 15.1. The van der Waals surface area contributed by atoms with Gasteiger partial charge >= 0.3 is 0 Å². The number of carbonyl (C=O) groups excluding carboxylic acids is 1. The van der Waals surface area contributed by atoms with Gasteiger partial charge in [-0.25, -0.2) is 0 Å². The van der Waals surface area contributed by atoms with Crippen molar-refractivity contribution in [2.24, 2.45) is 0 Å². The molecule has 0 fully saturated rings. The number of amides is 1. The minimum absolute atomic E-state index is 0.335. The quantitative estimate of drug-likeness (QED) is 0.892. The molecular formula is C19H23NO3. The number of carbonyl (C=O) groups is 1. The molecule has 0 aliphatic carbocycles. The Bertz CT molecular complexity index is 652. The molecule has 0 saturated carbocycles. The van der Waals surface area contributed by atoms with Gasteiger partial charge in [-0.1, -0.05) is 43.3 Å². The van der Waals surface area contributed by atoms with Gasteiger partial charge < -0.3 is 14.7 Å². The van der Waals surface area contributed by atoms with Crippen LogP contribution in [0.1, 0.15) is 29.7 Å². The molecule has 0 saturated heterocycles. The van der Waals surface area contributed by atoms with Crippen molar-refractivity contribution in [2.75, 3.05) is 14.2 Å². The first-order valence-corrected chi connectivity index (χ1v) is 7.70. The molecule has 4 nitrogen and oxygen atoms in total. The molecule has 1 amide bonds. The van der Waals surface area contributed by atoms with Gasteiger partial charge in [-0.15, -0.1) is 0 Å². The summed E-state index contributed by atoms with van der Waals surface area (Å²) < 4.78 is 5.13. The molecule has 0 heterocycles. The molecule has 1 unspecified atom stereocenters. The van der Waals surface area contributed by atoms with E-state index in [0.29, 0.717) is 17.9 Å². The fourth-order valence-electron chi connectivity index (χ4n) is 2.40. The highest BCUT2D eigenvalue weighted by Crippen LogP contribution is 2.21. The van der Waals surface area contributed by atoms with E-state index < -0.39 is 6.10 Å². The van der Waals surface area contributed by atoms with Gasteiger partial charge in [0.05, 0.1) is 7.11 Å². The Kier molecular flexibility index (Phi) is 5.77. The van der Waals surface area contributed by atoms with Crippen molar-refractivity contribution in [2.45, 2.75) is 26.0 Å². The van der Waals surface area contributed by atoms with Crippen molar-refractivity contribution in [1.29, 1.82) is 0 Å². The second kappa shape index (κ2) is 7.79. The van der Waals surface area contributed by atoms with Crippen LogP contribution in [0.5, 0.6) is 5.75 Å². The molecular weight excluding hydrogens is 290 g/mol. The fourth-order valence-corrected chi connectivity index (χ4v) is 2.40. The zero-order valence-electron chi connectivity index (χ0n) is 13.8. The smallest absolute Gasteiger partial charge is 0.256 e. The normalized spacial score (nSPS) is 11.8. The zero-order valence-corrected chi connectivity index (χ0v) is 13.8. The van der Waals surface area contributed by atoms with E-state index >= 15 is 0 Å². The molecule has 0 aromatic heterocycles. The molecule has 0 spiro atoms. The van der Waals surface area contributed by atoms with Crippen molar-refractivity contribution < 1.29 is 14.6 Å². The van der Waals surface area contributed by atoms with E-state index in [1.54, 1.807) is 38.4 Å². The Balaban J connectivity index is 2.05. The maximum absolute atomic E-state index is 12.4. The Labute approximate surface area is 137 Å². The van der Waals surface area contributed by atoms with Crippen molar-refractivity contribution in [1.82, 2.24) is 4.90 Å². The molecule has 0 radical (unpaired) electrons. The van der Waals surface area contributed by atoms with Gasteiger partial charge in [0.15, 0.2) is 6.10 Å². The Morgan fingerprint density at radius 2 is 1.83 bits per heavy atom. The highest BCUT2D eigenvalue weighted by atomic mass is 16.5. The van der Waals surface area contributed by atoms with Crippen LogP contribution in [0.3, 0.4) is 0 Å². The van der Waals surface area contributed by atoms with Crippen LogP contribution in [0.25, 0.3) is 0 Å². The van der Waals surface area contributed by atoms with Crippen molar-refractivity contribution in [3.05, 3.63) is 65.2 Å². The van der Waals surface area contributed by atoms with E-state index in [1.165, 1.54) is 10.5 Å². The largest absolute Gasteiger partial charge is 0.497 e. The number of hydrogen-bond acceptors (Lipinski definition) is 3. The standard InChI is InChI=1S/C19H23NO3/c1-4-14-8-10-15(11-9-14)13-20(2)19(22)18(21)16-6-5-7-17(12-16)23-3/h5-12,18,21H,4,13H2,1-3H3. The molecule has 0 aliphatic heterocycles. The summed E-state index contributed by atoms with van der Waals surface area (Å²) in [6.07, 6.45) is -0.200. The first kappa shape index (κ1) is 17.0. The van der Waals surface area contributed by atoms with Crippen LogP contribution < -0.4 is 4.74 Å². The number of hydrogen-bond donors (Lipinski definition) is 1. The van der Waals surface area contributed by atoms with E-state index in [2.05, 4.69) is 19.1 Å². The predicted octanol–water partition coefficient (Wildman–Crippen LogP) is 2.95. The maximum Gasteiger partial charge on any atom is 0.256 e. The summed E-state index contributed by atoms with van der Waals surface area (Å²) in [7, 11) is 3.25. The lowest BCUT2D eigenvalue weighted by atomic mass is 10.1. The third-order valence-corrected chi connectivity index (χ3v) is 3.87. The lowest BCUT2D eigenvalue weighted by Crippen LogP contribution is -2.31. The van der Waals surface area contributed by atoms with Gasteiger partial charge in [0.25, 0.3) is 5.91 Å².